The third kappa shape index (κ3) is 3.73. The predicted octanol–water partition coefficient (Wildman–Crippen LogP) is 3.93. The summed E-state index contributed by atoms with van der Waals surface area (Å²) in [7, 11) is 0. The minimum Gasteiger partial charge on any atom is -0.478 e. The maximum absolute atomic E-state index is 13.9. The molecule has 2 aliphatic rings. The van der Waals surface area contributed by atoms with Gasteiger partial charge in [-0.15, -0.1) is 0 Å². The molecule has 1 saturated carbocycles. The van der Waals surface area contributed by atoms with Crippen LogP contribution in [-0.4, -0.2) is 22.6 Å². The number of halogens is 1. The van der Waals surface area contributed by atoms with Crippen LogP contribution in [0, 0.1) is 11.7 Å². The van der Waals surface area contributed by atoms with Crippen LogP contribution in [0.25, 0.3) is 0 Å². The minimum atomic E-state index is -1.03. The van der Waals surface area contributed by atoms with Gasteiger partial charge in [0, 0.05) is 18.3 Å². The van der Waals surface area contributed by atoms with E-state index in [4.69, 9.17) is 0 Å². The van der Waals surface area contributed by atoms with Gasteiger partial charge in [-0.25, -0.2) is 14.6 Å². The highest BCUT2D eigenvalue weighted by Gasteiger charge is 2.30. The lowest BCUT2D eigenvalue weighted by Crippen LogP contribution is -2.38. The number of carboxylic acid groups (broad SMARTS) is 1. The number of hydrogen-bond donors (Lipinski definition) is 3. The van der Waals surface area contributed by atoms with Crippen LogP contribution < -0.4 is 15.8 Å². The number of hydrazine groups is 1. The first-order chi connectivity index (χ1) is 13.1. The lowest BCUT2D eigenvalue weighted by Gasteiger charge is -2.23. The Labute approximate surface area is 157 Å². The third-order valence-electron chi connectivity index (χ3n) is 5.46. The van der Waals surface area contributed by atoms with E-state index < -0.39 is 12.1 Å². The zero-order chi connectivity index (χ0) is 18.8. The van der Waals surface area contributed by atoms with Crippen molar-refractivity contribution in [3.63, 3.8) is 0 Å². The van der Waals surface area contributed by atoms with E-state index in [1.807, 2.05) is 5.01 Å². The standard InChI is InChI=1S/C20H23FN4O2/c21-14-5-6-18-16(11-14)19(23-17-12-22-9-7-15(17)20(26)27)24-25(18)10-8-13-3-1-2-4-13/h5-7,9,11-13,19,23-24H,1-4,8,10H2,(H,26,27). The monoisotopic (exact) mass is 370 g/mol. The lowest BCUT2D eigenvalue weighted by molar-refractivity contribution is 0.0697. The van der Waals surface area contributed by atoms with Gasteiger partial charge in [-0.2, -0.15) is 0 Å². The second-order valence-electron chi connectivity index (χ2n) is 7.23. The van der Waals surface area contributed by atoms with E-state index in [1.165, 1.54) is 56.3 Å². The number of pyridine rings is 1. The maximum Gasteiger partial charge on any atom is 0.337 e. The Morgan fingerprint density at radius 3 is 2.93 bits per heavy atom. The van der Waals surface area contributed by atoms with Gasteiger partial charge in [-0.05, 0) is 36.6 Å². The summed E-state index contributed by atoms with van der Waals surface area (Å²) in [6, 6.07) is 6.17. The number of carboxylic acids is 1. The average molecular weight is 370 g/mol. The summed E-state index contributed by atoms with van der Waals surface area (Å²) in [5, 5.41) is 14.6. The molecule has 1 atom stereocenters. The lowest BCUT2D eigenvalue weighted by atomic mass is 10.0. The number of nitrogens with zero attached hydrogens (tertiary/aromatic N) is 2. The Balaban J connectivity index is 1.55. The van der Waals surface area contributed by atoms with Crippen LogP contribution in [0.5, 0.6) is 0 Å². The van der Waals surface area contributed by atoms with Crippen LogP contribution in [0.2, 0.25) is 0 Å². The molecule has 1 aliphatic heterocycles. The molecule has 142 valence electrons. The van der Waals surface area contributed by atoms with Crippen molar-refractivity contribution in [3.05, 3.63) is 53.6 Å². The highest BCUT2D eigenvalue weighted by atomic mass is 19.1. The summed E-state index contributed by atoms with van der Waals surface area (Å²) in [6.07, 6.45) is 8.77. The quantitative estimate of drug-likeness (QED) is 0.715. The number of aromatic nitrogens is 1. The van der Waals surface area contributed by atoms with Gasteiger partial charge in [0.15, 0.2) is 0 Å². The van der Waals surface area contributed by atoms with Crippen molar-refractivity contribution in [2.24, 2.45) is 5.92 Å². The summed E-state index contributed by atoms with van der Waals surface area (Å²) >= 11 is 0. The van der Waals surface area contributed by atoms with Gasteiger partial charge in [-0.1, -0.05) is 25.7 Å². The van der Waals surface area contributed by atoms with Gasteiger partial charge >= 0.3 is 5.97 Å². The molecule has 2 heterocycles. The van der Waals surface area contributed by atoms with Crippen LogP contribution in [0.15, 0.2) is 36.7 Å². The molecule has 3 N–H and O–H groups in total. The van der Waals surface area contributed by atoms with Crippen molar-refractivity contribution in [2.45, 2.75) is 38.3 Å². The van der Waals surface area contributed by atoms with Crippen LogP contribution in [-0.2, 0) is 0 Å². The number of aromatic carboxylic acids is 1. The molecule has 0 bridgehead atoms. The molecule has 1 unspecified atom stereocenters. The van der Waals surface area contributed by atoms with Gasteiger partial charge in [0.05, 0.1) is 23.1 Å². The van der Waals surface area contributed by atoms with Crippen molar-refractivity contribution < 1.29 is 14.3 Å². The van der Waals surface area contributed by atoms with E-state index in [2.05, 4.69) is 15.7 Å². The molecule has 0 spiro atoms. The van der Waals surface area contributed by atoms with E-state index in [9.17, 15) is 14.3 Å². The third-order valence-corrected chi connectivity index (χ3v) is 5.46. The SMILES string of the molecule is O=C(O)c1ccncc1NC1NN(CCC2CCCC2)c2ccc(F)cc21. The van der Waals surface area contributed by atoms with Gasteiger partial charge in [0.2, 0.25) is 0 Å². The van der Waals surface area contributed by atoms with E-state index in [-0.39, 0.29) is 11.4 Å². The van der Waals surface area contributed by atoms with Crippen LogP contribution in [0.1, 0.15) is 54.2 Å². The Kier molecular flexibility index (Phi) is 4.94. The molecule has 0 saturated heterocycles. The van der Waals surface area contributed by atoms with Crippen molar-refractivity contribution >= 4 is 17.3 Å². The predicted molar refractivity (Wildman–Crippen MR) is 101 cm³/mol. The summed E-state index contributed by atoms with van der Waals surface area (Å²) in [6.45, 7) is 0.834. The number of nitrogens with one attached hydrogen (secondary N) is 2. The van der Waals surface area contributed by atoms with E-state index in [0.717, 1.165) is 30.1 Å². The number of rotatable bonds is 6. The Hall–Kier alpha value is -2.67. The fraction of sp³-hybridized carbons (Fsp3) is 0.400. The maximum atomic E-state index is 13.9. The van der Waals surface area contributed by atoms with Crippen LogP contribution in [0.4, 0.5) is 15.8 Å². The van der Waals surface area contributed by atoms with Gasteiger partial charge < -0.3 is 15.4 Å². The molecular weight excluding hydrogens is 347 g/mol. The molecule has 1 aromatic heterocycles. The molecular formula is C20H23FN4O2. The molecule has 1 aromatic carbocycles. The number of benzene rings is 1. The molecule has 6 nitrogen and oxygen atoms in total. The van der Waals surface area contributed by atoms with Gasteiger partial charge in [0.25, 0.3) is 0 Å². The van der Waals surface area contributed by atoms with E-state index >= 15 is 0 Å². The molecule has 27 heavy (non-hydrogen) atoms. The Morgan fingerprint density at radius 1 is 1.33 bits per heavy atom. The topological polar surface area (TPSA) is 77.5 Å². The normalized spacial score (nSPS) is 19.3. The zero-order valence-corrected chi connectivity index (χ0v) is 15.0. The van der Waals surface area contributed by atoms with Crippen molar-refractivity contribution in [2.75, 3.05) is 16.9 Å². The van der Waals surface area contributed by atoms with Crippen LogP contribution >= 0.6 is 0 Å². The average Bonchev–Trinajstić information content (AvgIpc) is 3.28. The summed E-state index contributed by atoms with van der Waals surface area (Å²) in [5.41, 5.74) is 5.58. The first-order valence-corrected chi connectivity index (χ1v) is 9.39. The second kappa shape index (κ2) is 7.52. The van der Waals surface area contributed by atoms with Crippen molar-refractivity contribution in [1.29, 1.82) is 0 Å². The summed E-state index contributed by atoms with van der Waals surface area (Å²) < 4.78 is 13.9. The molecule has 1 aliphatic carbocycles. The number of carbonyl (C=O) groups is 1. The first kappa shape index (κ1) is 17.7. The molecule has 7 heteroatoms. The Morgan fingerprint density at radius 2 is 2.15 bits per heavy atom. The van der Waals surface area contributed by atoms with Gasteiger partial charge in [-0.3, -0.25) is 4.98 Å². The first-order valence-electron chi connectivity index (χ1n) is 9.39. The summed E-state index contributed by atoms with van der Waals surface area (Å²) in [5.74, 6) is -0.597. The Bertz CT molecular complexity index is 838. The molecule has 4 rings (SSSR count). The van der Waals surface area contributed by atoms with Crippen molar-refractivity contribution in [1.82, 2.24) is 10.4 Å². The fourth-order valence-electron chi connectivity index (χ4n) is 4.05. The second-order valence-corrected chi connectivity index (χ2v) is 7.23. The molecule has 2 aromatic rings. The van der Waals surface area contributed by atoms with E-state index in [0.29, 0.717) is 5.69 Å². The smallest absolute Gasteiger partial charge is 0.337 e. The fourth-order valence-corrected chi connectivity index (χ4v) is 4.05. The summed E-state index contributed by atoms with van der Waals surface area (Å²) in [4.78, 5) is 15.5. The highest BCUT2D eigenvalue weighted by Crippen LogP contribution is 2.36. The van der Waals surface area contributed by atoms with Gasteiger partial charge in [0.1, 0.15) is 12.0 Å². The number of anilines is 2. The number of hydrogen-bond acceptors (Lipinski definition) is 5. The highest BCUT2D eigenvalue weighted by molar-refractivity contribution is 5.94. The number of fused-ring (bicyclic) bond motifs is 1. The zero-order valence-electron chi connectivity index (χ0n) is 15.0. The minimum absolute atomic E-state index is 0.133. The molecule has 0 amide bonds. The van der Waals surface area contributed by atoms with E-state index in [1.54, 1.807) is 6.07 Å². The molecule has 0 radical (unpaired) electrons. The van der Waals surface area contributed by atoms with Crippen molar-refractivity contribution in [3.8, 4) is 0 Å². The van der Waals surface area contributed by atoms with Crippen LogP contribution in [0.3, 0.4) is 0 Å². The largest absolute Gasteiger partial charge is 0.478 e. The molecule has 1 fully saturated rings.